The summed E-state index contributed by atoms with van der Waals surface area (Å²) < 4.78 is 5.38. The molecule has 1 aliphatic rings. The lowest BCUT2D eigenvalue weighted by Crippen LogP contribution is -2.37. The molecule has 1 saturated heterocycles. The Kier molecular flexibility index (Phi) is 3.49. The number of hydrogen-bond donors (Lipinski definition) is 1. The van der Waals surface area contributed by atoms with Gasteiger partial charge in [-0.3, -0.25) is 4.79 Å². The summed E-state index contributed by atoms with van der Waals surface area (Å²) in [5, 5.41) is 0. The molecule has 1 heterocycles. The number of nitrogens with two attached hydrogens (primary N) is 1. The van der Waals surface area contributed by atoms with Gasteiger partial charge in [-0.15, -0.1) is 0 Å². The van der Waals surface area contributed by atoms with Gasteiger partial charge in [-0.2, -0.15) is 0 Å². The molecule has 0 saturated carbocycles. The maximum absolute atomic E-state index is 11.0. The van der Waals surface area contributed by atoms with E-state index in [1.54, 1.807) is 11.9 Å². The van der Waals surface area contributed by atoms with Gasteiger partial charge in [0.25, 0.3) is 0 Å². The molecule has 0 bridgehead atoms. The Morgan fingerprint density at radius 1 is 1.75 bits per heavy atom. The maximum atomic E-state index is 11.0. The first kappa shape index (κ1) is 9.48. The van der Waals surface area contributed by atoms with Gasteiger partial charge in [0.2, 0.25) is 5.91 Å². The minimum Gasteiger partial charge on any atom is -0.376 e. The molecule has 1 fully saturated rings. The first-order valence-corrected chi connectivity index (χ1v) is 4.29. The van der Waals surface area contributed by atoms with Gasteiger partial charge in [0, 0.05) is 20.2 Å². The van der Waals surface area contributed by atoms with E-state index in [2.05, 4.69) is 0 Å². The van der Waals surface area contributed by atoms with Crippen LogP contribution in [-0.2, 0) is 9.53 Å². The summed E-state index contributed by atoms with van der Waals surface area (Å²) in [6.07, 6.45) is 2.39. The smallest absolute Gasteiger partial charge is 0.236 e. The number of rotatable bonds is 3. The fourth-order valence-electron chi connectivity index (χ4n) is 1.35. The third-order valence-corrected chi connectivity index (χ3v) is 2.10. The summed E-state index contributed by atoms with van der Waals surface area (Å²) in [6, 6.07) is 0. The quantitative estimate of drug-likeness (QED) is 0.629. The lowest BCUT2D eigenvalue weighted by atomic mass is 10.2. The zero-order chi connectivity index (χ0) is 8.97. The van der Waals surface area contributed by atoms with Gasteiger partial charge in [0.15, 0.2) is 0 Å². The molecule has 0 aromatic heterocycles. The van der Waals surface area contributed by atoms with E-state index < -0.39 is 0 Å². The number of carbonyl (C=O) groups excluding carboxylic acids is 1. The number of carbonyl (C=O) groups is 1. The molecule has 1 aliphatic heterocycles. The van der Waals surface area contributed by atoms with Crippen molar-refractivity contribution < 1.29 is 9.53 Å². The van der Waals surface area contributed by atoms with Crippen molar-refractivity contribution >= 4 is 5.91 Å². The molecule has 1 unspecified atom stereocenters. The average Bonchev–Trinajstić information content (AvgIpc) is 2.55. The molecule has 0 radical (unpaired) electrons. The van der Waals surface area contributed by atoms with Crippen LogP contribution in [0.25, 0.3) is 0 Å². The number of likely N-dealkylation sites (N-methyl/N-ethyl adjacent to an activating group) is 1. The molecule has 4 nitrogen and oxygen atoms in total. The van der Waals surface area contributed by atoms with Gasteiger partial charge in [0.05, 0.1) is 12.6 Å². The highest BCUT2D eigenvalue weighted by Gasteiger charge is 2.18. The summed E-state index contributed by atoms with van der Waals surface area (Å²) in [4.78, 5) is 12.7. The highest BCUT2D eigenvalue weighted by atomic mass is 16.5. The van der Waals surface area contributed by atoms with E-state index in [1.165, 1.54) is 0 Å². The van der Waals surface area contributed by atoms with Crippen LogP contribution in [0.15, 0.2) is 0 Å². The highest BCUT2D eigenvalue weighted by molar-refractivity contribution is 5.77. The Labute approximate surface area is 72.7 Å². The first-order chi connectivity index (χ1) is 5.74. The van der Waals surface area contributed by atoms with Crippen LogP contribution in [0.5, 0.6) is 0 Å². The van der Waals surface area contributed by atoms with Crippen molar-refractivity contribution in [3.8, 4) is 0 Å². The Hall–Kier alpha value is -0.610. The van der Waals surface area contributed by atoms with Gasteiger partial charge in [0.1, 0.15) is 0 Å². The monoisotopic (exact) mass is 172 g/mol. The number of hydrogen-bond acceptors (Lipinski definition) is 3. The van der Waals surface area contributed by atoms with Gasteiger partial charge in [-0.25, -0.2) is 0 Å². The minimum atomic E-state index is -0.0227. The van der Waals surface area contributed by atoms with Gasteiger partial charge < -0.3 is 15.4 Å². The van der Waals surface area contributed by atoms with Crippen LogP contribution < -0.4 is 5.73 Å². The van der Waals surface area contributed by atoms with Crippen molar-refractivity contribution in [2.45, 2.75) is 18.9 Å². The Morgan fingerprint density at radius 2 is 2.50 bits per heavy atom. The fourth-order valence-corrected chi connectivity index (χ4v) is 1.35. The predicted octanol–water partition coefficient (Wildman–Crippen LogP) is -0.417. The summed E-state index contributed by atoms with van der Waals surface area (Å²) in [5.41, 5.74) is 5.22. The summed E-state index contributed by atoms with van der Waals surface area (Å²) in [6.45, 7) is 1.59. The highest BCUT2D eigenvalue weighted by Crippen LogP contribution is 2.12. The molecule has 0 spiro atoms. The van der Waals surface area contributed by atoms with Crippen molar-refractivity contribution in [2.75, 3.05) is 26.7 Å². The van der Waals surface area contributed by atoms with Crippen molar-refractivity contribution in [3.05, 3.63) is 0 Å². The Balaban J connectivity index is 2.24. The van der Waals surface area contributed by atoms with Crippen LogP contribution in [0.4, 0.5) is 0 Å². The minimum absolute atomic E-state index is 0.0227. The van der Waals surface area contributed by atoms with Gasteiger partial charge in [-0.05, 0) is 12.8 Å². The first-order valence-electron chi connectivity index (χ1n) is 4.29. The van der Waals surface area contributed by atoms with Crippen LogP contribution in [0.3, 0.4) is 0 Å². The summed E-state index contributed by atoms with van der Waals surface area (Å²) in [5.74, 6) is -0.0227. The number of nitrogens with zero attached hydrogens (tertiary/aromatic N) is 1. The van der Waals surface area contributed by atoms with Crippen molar-refractivity contribution in [3.63, 3.8) is 0 Å². The fraction of sp³-hybridized carbons (Fsp3) is 0.875. The molecule has 0 aromatic rings. The van der Waals surface area contributed by atoms with Crippen LogP contribution in [0, 0.1) is 0 Å². The van der Waals surface area contributed by atoms with Crippen molar-refractivity contribution in [1.82, 2.24) is 4.90 Å². The van der Waals surface area contributed by atoms with Gasteiger partial charge in [-0.1, -0.05) is 0 Å². The van der Waals surface area contributed by atoms with E-state index in [9.17, 15) is 4.79 Å². The molecule has 1 amide bonds. The number of ether oxygens (including phenoxy) is 1. The normalized spacial score (nSPS) is 22.7. The molecular formula is C8H16N2O2. The third kappa shape index (κ3) is 2.46. The van der Waals surface area contributed by atoms with Crippen LogP contribution in [0.2, 0.25) is 0 Å². The molecule has 0 aliphatic carbocycles. The molecule has 12 heavy (non-hydrogen) atoms. The third-order valence-electron chi connectivity index (χ3n) is 2.10. The SMILES string of the molecule is CN(CC1CCCO1)C(=O)CN. The lowest BCUT2D eigenvalue weighted by Gasteiger charge is -2.19. The zero-order valence-corrected chi connectivity index (χ0v) is 7.45. The number of amides is 1. The molecule has 2 N–H and O–H groups in total. The molecule has 1 rings (SSSR count). The van der Waals surface area contributed by atoms with Crippen molar-refractivity contribution in [2.24, 2.45) is 5.73 Å². The second kappa shape index (κ2) is 4.42. The summed E-state index contributed by atoms with van der Waals surface area (Å²) >= 11 is 0. The molecule has 0 aromatic carbocycles. The van der Waals surface area contributed by atoms with E-state index in [-0.39, 0.29) is 18.6 Å². The Morgan fingerprint density at radius 3 is 3.00 bits per heavy atom. The molecule has 4 heteroatoms. The van der Waals surface area contributed by atoms with E-state index in [0.29, 0.717) is 6.54 Å². The largest absolute Gasteiger partial charge is 0.376 e. The second-order valence-electron chi connectivity index (χ2n) is 3.11. The zero-order valence-electron chi connectivity index (χ0n) is 7.45. The lowest BCUT2D eigenvalue weighted by molar-refractivity contribution is -0.129. The summed E-state index contributed by atoms with van der Waals surface area (Å²) in [7, 11) is 1.76. The average molecular weight is 172 g/mol. The van der Waals surface area contributed by atoms with Crippen LogP contribution >= 0.6 is 0 Å². The molecule has 1 atom stereocenters. The van der Waals surface area contributed by atoms with E-state index in [0.717, 1.165) is 19.4 Å². The maximum Gasteiger partial charge on any atom is 0.236 e. The standard InChI is InChI=1S/C8H16N2O2/c1-10(8(11)5-9)6-7-3-2-4-12-7/h7H,2-6,9H2,1H3. The molecular weight excluding hydrogens is 156 g/mol. The predicted molar refractivity (Wildman–Crippen MR) is 45.7 cm³/mol. The molecule has 70 valence electrons. The van der Waals surface area contributed by atoms with E-state index in [1.807, 2.05) is 0 Å². The van der Waals surface area contributed by atoms with E-state index >= 15 is 0 Å². The van der Waals surface area contributed by atoms with Crippen LogP contribution in [0.1, 0.15) is 12.8 Å². The van der Waals surface area contributed by atoms with Gasteiger partial charge >= 0.3 is 0 Å². The van der Waals surface area contributed by atoms with Crippen molar-refractivity contribution in [1.29, 1.82) is 0 Å². The topological polar surface area (TPSA) is 55.6 Å². The van der Waals surface area contributed by atoms with Crippen LogP contribution in [-0.4, -0.2) is 43.7 Å². The van der Waals surface area contributed by atoms with E-state index in [4.69, 9.17) is 10.5 Å². The Bertz CT molecular complexity index is 155. The second-order valence-corrected chi connectivity index (χ2v) is 3.11.